The Morgan fingerprint density at radius 3 is 2.88 bits per heavy atom. The number of likely N-dealkylation sites (tertiary alicyclic amines) is 1. The molecule has 2 aromatic heterocycles. The maximum absolute atomic E-state index is 12.9. The molecule has 1 fully saturated rings. The number of carbonyl (C=O) groups is 1. The minimum Gasteiger partial charge on any atom is -0.331 e. The highest BCUT2D eigenvalue weighted by molar-refractivity contribution is 5.89. The number of amides is 2. The van der Waals surface area contributed by atoms with Gasteiger partial charge in [-0.15, -0.1) is 0 Å². The average molecular weight is 353 g/mol. The summed E-state index contributed by atoms with van der Waals surface area (Å²) in [6, 6.07) is 10.6. The number of hydrogen-bond donors (Lipinski definition) is 1. The topological polar surface area (TPSA) is 63.1 Å². The van der Waals surface area contributed by atoms with Gasteiger partial charge in [0.05, 0.1) is 22.9 Å². The number of imidazole rings is 1. The second-order valence-corrected chi connectivity index (χ2v) is 6.60. The van der Waals surface area contributed by atoms with Crippen LogP contribution >= 0.6 is 0 Å². The Morgan fingerprint density at radius 1 is 1.27 bits per heavy atom. The summed E-state index contributed by atoms with van der Waals surface area (Å²) < 4.78 is 15.0. The monoisotopic (exact) mass is 353 g/mol. The molecule has 1 saturated heterocycles. The van der Waals surface area contributed by atoms with Crippen LogP contribution in [0, 0.1) is 5.95 Å². The molecule has 2 amide bonds. The molecule has 1 aromatic carbocycles. The summed E-state index contributed by atoms with van der Waals surface area (Å²) in [5.41, 5.74) is 2.56. The molecule has 0 aliphatic carbocycles. The lowest BCUT2D eigenvalue weighted by Gasteiger charge is -2.32. The molecule has 3 aromatic rings. The van der Waals surface area contributed by atoms with E-state index < -0.39 is 5.95 Å². The Labute approximate surface area is 150 Å². The number of rotatable bonds is 2. The smallest absolute Gasteiger partial charge is 0.321 e. The number of carbonyl (C=O) groups excluding carboxylic acids is 1. The van der Waals surface area contributed by atoms with Crippen molar-refractivity contribution in [1.82, 2.24) is 19.4 Å². The first kappa shape index (κ1) is 16.5. The number of urea groups is 1. The molecule has 134 valence electrons. The van der Waals surface area contributed by atoms with Gasteiger partial charge < -0.3 is 14.8 Å². The SMILES string of the molecule is Cn1c([C@@H]2CCCN(C(=O)Nc3ccc(F)nc3)C2)nc2ccccc21. The predicted octanol–water partition coefficient (Wildman–Crippen LogP) is 3.52. The van der Waals surface area contributed by atoms with E-state index in [4.69, 9.17) is 4.98 Å². The maximum Gasteiger partial charge on any atom is 0.321 e. The zero-order chi connectivity index (χ0) is 18.1. The van der Waals surface area contributed by atoms with Gasteiger partial charge in [0.1, 0.15) is 5.82 Å². The third kappa shape index (κ3) is 3.12. The summed E-state index contributed by atoms with van der Waals surface area (Å²) in [5, 5.41) is 2.78. The Hall–Kier alpha value is -2.96. The van der Waals surface area contributed by atoms with E-state index in [1.807, 2.05) is 25.2 Å². The molecular weight excluding hydrogens is 333 g/mol. The summed E-state index contributed by atoms with van der Waals surface area (Å²) in [5.74, 6) is 0.633. The van der Waals surface area contributed by atoms with Gasteiger partial charge in [0.2, 0.25) is 5.95 Å². The molecule has 1 aliphatic rings. The van der Waals surface area contributed by atoms with Crippen molar-refractivity contribution in [2.75, 3.05) is 18.4 Å². The lowest BCUT2D eigenvalue weighted by molar-refractivity contribution is 0.191. The number of benzene rings is 1. The van der Waals surface area contributed by atoms with Crippen LogP contribution < -0.4 is 5.32 Å². The lowest BCUT2D eigenvalue weighted by Crippen LogP contribution is -2.42. The molecule has 4 rings (SSSR count). The summed E-state index contributed by atoms with van der Waals surface area (Å²) in [6.07, 6.45) is 3.24. The molecular formula is C19H20FN5O. The number of nitrogens with zero attached hydrogens (tertiary/aromatic N) is 4. The van der Waals surface area contributed by atoms with Crippen LogP contribution in [-0.2, 0) is 7.05 Å². The van der Waals surface area contributed by atoms with E-state index >= 15 is 0 Å². The van der Waals surface area contributed by atoms with Crippen LogP contribution in [0.3, 0.4) is 0 Å². The number of nitrogens with one attached hydrogen (secondary N) is 1. The number of aryl methyl sites for hydroxylation is 1. The van der Waals surface area contributed by atoms with E-state index in [-0.39, 0.29) is 11.9 Å². The lowest BCUT2D eigenvalue weighted by atomic mass is 9.97. The Bertz CT molecular complexity index is 937. The van der Waals surface area contributed by atoms with E-state index in [0.29, 0.717) is 18.8 Å². The Morgan fingerprint density at radius 2 is 2.12 bits per heavy atom. The van der Waals surface area contributed by atoms with E-state index in [0.717, 1.165) is 29.7 Å². The number of hydrogen-bond acceptors (Lipinski definition) is 3. The Kier molecular flexibility index (Phi) is 4.28. The van der Waals surface area contributed by atoms with Crippen molar-refractivity contribution in [3.05, 3.63) is 54.4 Å². The molecule has 1 N–H and O–H groups in total. The number of aromatic nitrogens is 3. The normalized spacial score (nSPS) is 17.5. The molecule has 26 heavy (non-hydrogen) atoms. The van der Waals surface area contributed by atoms with Crippen LogP contribution in [-0.4, -0.2) is 38.6 Å². The van der Waals surface area contributed by atoms with Gasteiger partial charge in [-0.05, 0) is 37.1 Å². The summed E-state index contributed by atoms with van der Waals surface area (Å²) >= 11 is 0. The highest BCUT2D eigenvalue weighted by Gasteiger charge is 2.28. The van der Waals surface area contributed by atoms with Gasteiger partial charge in [-0.3, -0.25) is 0 Å². The molecule has 7 heteroatoms. The number of fused-ring (bicyclic) bond motifs is 1. The molecule has 0 spiro atoms. The minimum absolute atomic E-state index is 0.193. The molecule has 3 heterocycles. The van der Waals surface area contributed by atoms with Crippen molar-refractivity contribution < 1.29 is 9.18 Å². The zero-order valence-corrected chi connectivity index (χ0v) is 14.5. The second kappa shape index (κ2) is 6.74. The first-order chi connectivity index (χ1) is 12.6. The highest BCUT2D eigenvalue weighted by atomic mass is 19.1. The molecule has 0 radical (unpaired) electrons. The van der Waals surface area contributed by atoms with Gasteiger partial charge in [0, 0.05) is 26.1 Å². The fourth-order valence-corrected chi connectivity index (χ4v) is 3.55. The fourth-order valence-electron chi connectivity index (χ4n) is 3.55. The van der Waals surface area contributed by atoms with Crippen LogP contribution in [0.2, 0.25) is 0 Å². The molecule has 0 bridgehead atoms. The van der Waals surface area contributed by atoms with Crippen LogP contribution in [0.25, 0.3) is 11.0 Å². The number of anilines is 1. The number of pyridine rings is 1. The van der Waals surface area contributed by atoms with Crippen LogP contribution in [0.5, 0.6) is 0 Å². The second-order valence-electron chi connectivity index (χ2n) is 6.60. The van der Waals surface area contributed by atoms with Gasteiger partial charge in [-0.1, -0.05) is 12.1 Å². The van der Waals surface area contributed by atoms with Crippen molar-refractivity contribution in [1.29, 1.82) is 0 Å². The van der Waals surface area contributed by atoms with Gasteiger partial charge >= 0.3 is 6.03 Å². The fraction of sp³-hybridized carbons (Fsp3) is 0.316. The van der Waals surface area contributed by atoms with Crippen LogP contribution in [0.1, 0.15) is 24.6 Å². The number of halogens is 1. The first-order valence-electron chi connectivity index (χ1n) is 8.70. The summed E-state index contributed by atoms with van der Waals surface area (Å²) in [6.45, 7) is 1.30. The predicted molar refractivity (Wildman–Crippen MR) is 97.5 cm³/mol. The highest BCUT2D eigenvalue weighted by Crippen LogP contribution is 2.28. The van der Waals surface area contributed by atoms with Crippen molar-refractivity contribution in [3.8, 4) is 0 Å². The molecule has 1 aliphatic heterocycles. The standard InChI is InChI=1S/C19H20FN5O/c1-24-16-7-3-2-6-15(16)23-18(24)13-5-4-10-25(12-13)19(26)22-14-8-9-17(20)21-11-14/h2-3,6-9,11,13H,4-5,10,12H2,1H3,(H,22,26)/t13-/m1/s1. The van der Waals surface area contributed by atoms with Crippen LogP contribution in [0.4, 0.5) is 14.9 Å². The molecule has 0 saturated carbocycles. The third-order valence-corrected chi connectivity index (χ3v) is 4.87. The quantitative estimate of drug-likeness (QED) is 0.717. The van der Waals surface area contributed by atoms with E-state index in [1.165, 1.54) is 18.3 Å². The largest absolute Gasteiger partial charge is 0.331 e. The minimum atomic E-state index is -0.567. The van der Waals surface area contributed by atoms with Crippen molar-refractivity contribution in [2.45, 2.75) is 18.8 Å². The van der Waals surface area contributed by atoms with Crippen molar-refractivity contribution >= 4 is 22.8 Å². The van der Waals surface area contributed by atoms with Gasteiger partial charge in [-0.2, -0.15) is 4.39 Å². The van der Waals surface area contributed by atoms with Crippen LogP contribution in [0.15, 0.2) is 42.6 Å². The number of para-hydroxylation sites is 2. The third-order valence-electron chi connectivity index (χ3n) is 4.87. The van der Waals surface area contributed by atoms with E-state index in [1.54, 1.807) is 4.90 Å². The van der Waals surface area contributed by atoms with Gasteiger partial charge in [0.15, 0.2) is 0 Å². The number of piperidine rings is 1. The van der Waals surface area contributed by atoms with E-state index in [9.17, 15) is 9.18 Å². The van der Waals surface area contributed by atoms with E-state index in [2.05, 4.69) is 20.9 Å². The Balaban J connectivity index is 1.50. The molecule has 1 atom stereocenters. The summed E-state index contributed by atoms with van der Waals surface area (Å²) in [7, 11) is 2.02. The average Bonchev–Trinajstić information content (AvgIpc) is 3.01. The molecule has 0 unspecified atom stereocenters. The summed E-state index contributed by atoms with van der Waals surface area (Å²) in [4.78, 5) is 22.7. The van der Waals surface area contributed by atoms with Crippen molar-refractivity contribution in [3.63, 3.8) is 0 Å². The maximum atomic E-state index is 12.9. The van der Waals surface area contributed by atoms with Gasteiger partial charge in [-0.25, -0.2) is 14.8 Å². The molecule has 6 nitrogen and oxygen atoms in total. The van der Waals surface area contributed by atoms with Crippen molar-refractivity contribution in [2.24, 2.45) is 7.05 Å². The zero-order valence-electron chi connectivity index (χ0n) is 14.5. The first-order valence-corrected chi connectivity index (χ1v) is 8.70. The van der Waals surface area contributed by atoms with Gasteiger partial charge in [0.25, 0.3) is 0 Å².